The standard InChI is InChI=1S/C17H15ClN4O3/c1-3-19-17(25)22-13-5-4-10(18)6-11(13)14(16(22)24)15(23)12-8-20-9(2)7-21-12/h4-8,14H,3H2,1-2H3,(H,19,25)/t14-/m0/s1. The second-order valence-electron chi connectivity index (χ2n) is 5.55. The number of rotatable bonds is 3. The van der Waals surface area contributed by atoms with E-state index in [1.54, 1.807) is 26.0 Å². The molecule has 1 aromatic carbocycles. The zero-order valence-corrected chi connectivity index (χ0v) is 14.4. The number of carbonyl (C=O) groups excluding carboxylic acids is 3. The number of aryl methyl sites for hydroxylation is 1. The van der Waals surface area contributed by atoms with Gasteiger partial charge in [-0.3, -0.25) is 14.6 Å². The van der Waals surface area contributed by atoms with E-state index in [1.165, 1.54) is 18.5 Å². The quantitative estimate of drug-likeness (QED) is 0.672. The van der Waals surface area contributed by atoms with Crippen molar-refractivity contribution in [1.29, 1.82) is 0 Å². The summed E-state index contributed by atoms with van der Waals surface area (Å²) in [6, 6.07) is 4.07. The predicted molar refractivity (Wildman–Crippen MR) is 91.9 cm³/mol. The number of fused-ring (bicyclic) bond motifs is 1. The summed E-state index contributed by atoms with van der Waals surface area (Å²) in [5.41, 5.74) is 1.45. The van der Waals surface area contributed by atoms with Crippen molar-refractivity contribution < 1.29 is 14.4 Å². The SMILES string of the molecule is CCNC(=O)N1C(=O)[C@H](C(=O)c2cnc(C)cn2)c2cc(Cl)ccc21. The largest absolute Gasteiger partial charge is 0.338 e. The Morgan fingerprint density at radius 3 is 2.68 bits per heavy atom. The highest BCUT2D eigenvalue weighted by Crippen LogP contribution is 2.40. The molecular formula is C17H15ClN4O3. The number of nitrogens with zero attached hydrogens (tertiary/aromatic N) is 3. The van der Waals surface area contributed by atoms with E-state index in [9.17, 15) is 14.4 Å². The molecule has 0 radical (unpaired) electrons. The number of benzene rings is 1. The number of aromatic nitrogens is 2. The number of anilines is 1. The summed E-state index contributed by atoms with van der Waals surface area (Å²) in [4.78, 5) is 47.0. The number of hydrogen-bond acceptors (Lipinski definition) is 5. The summed E-state index contributed by atoms with van der Waals surface area (Å²) in [7, 11) is 0. The Balaban J connectivity index is 2.06. The maximum absolute atomic E-state index is 12.8. The summed E-state index contributed by atoms with van der Waals surface area (Å²) in [6.07, 6.45) is 2.77. The molecule has 2 heterocycles. The Kier molecular flexibility index (Phi) is 4.50. The van der Waals surface area contributed by atoms with E-state index in [0.717, 1.165) is 4.90 Å². The van der Waals surface area contributed by atoms with Crippen LogP contribution in [0.3, 0.4) is 0 Å². The van der Waals surface area contributed by atoms with Crippen LogP contribution < -0.4 is 10.2 Å². The molecule has 0 spiro atoms. The van der Waals surface area contributed by atoms with Gasteiger partial charge in [0.25, 0.3) is 5.91 Å². The van der Waals surface area contributed by atoms with Gasteiger partial charge in [-0.05, 0) is 37.6 Å². The van der Waals surface area contributed by atoms with E-state index in [-0.39, 0.29) is 5.69 Å². The maximum Gasteiger partial charge on any atom is 0.328 e. The molecule has 1 aliphatic rings. The zero-order chi connectivity index (χ0) is 18.1. The van der Waals surface area contributed by atoms with Gasteiger partial charge < -0.3 is 5.32 Å². The summed E-state index contributed by atoms with van der Waals surface area (Å²) >= 11 is 6.03. The highest BCUT2D eigenvalue weighted by molar-refractivity contribution is 6.33. The van der Waals surface area contributed by atoms with E-state index in [0.29, 0.717) is 28.5 Å². The topological polar surface area (TPSA) is 92.3 Å². The van der Waals surface area contributed by atoms with Crippen molar-refractivity contribution in [3.05, 3.63) is 52.6 Å². The maximum atomic E-state index is 12.8. The molecule has 0 aliphatic carbocycles. The number of ketones is 1. The molecule has 2 aromatic rings. The lowest BCUT2D eigenvalue weighted by Crippen LogP contribution is -2.43. The van der Waals surface area contributed by atoms with Gasteiger partial charge in [0.2, 0.25) is 0 Å². The first kappa shape index (κ1) is 17.0. The van der Waals surface area contributed by atoms with Crippen LogP contribution in [0.4, 0.5) is 10.5 Å². The fraction of sp³-hybridized carbons (Fsp3) is 0.235. The fourth-order valence-electron chi connectivity index (χ4n) is 2.70. The molecule has 0 bridgehead atoms. The van der Waals surface area contributed by atoms with Crippen LogP contribution in [-0.2, 0) is 4.79 Å². The summed E-state index contributed by atoms with van der Waals surface area (Å²) in [5.74, 6) is -2.32. The number of halogens is 1. The molecular weight excluding hydrogens is 344 g/mol. The fourth-order valence-corrected chi connectivity index (χ4v) is 2.88. The first-order valence-electron chi connectivity index (χ1n) is 7.68. The number of Topliss-reactive ketones (excluding diaryl/α,β-unsaturated/α-hetero) is 1. The van der Waals surface area contributed by atoms with Crippen molar-refractivity contribution in [2.75, 3.05) is 11.4 Å². The van der Waals surface area contributed by atoms with Crippen LogP contribution in [0.15, 0.2) is 30.6 Å². The third kappa shape index (κ3) is 2.98. The molecule has 0 fully saturated rings. The van der Waals surface area contributed by atoms with Gasteiger partial charge in [0.15, 0.2) is 5.78 Å². The average molecular weight is 359 g/mol. The van der Waals surface area contributed by atoms with Crippen molar-refractivity contribution in [3.63, 3.8) is 0 Å². The number of nitrogens with one attached hydrogen (secondary N) is 1. The molecule has 8 heteroatoms. The van der Waals surface area contributed by atoms with Crippen LogP contribution in [0.5, 0.6) is 0 Å². The van der Waals surface area contributed by atoms with Crippen LogP contribution >= 0.6 is 11.6 Å². The molecule has 1 N–H and O–H groups in total. The molecule has 25 heavy (non-hydrogen) atoms. The van der Waals surface area contributed by atoms with Gasteiger partial charge in [0.05, 0.1) is 17.6 Å². The zero-order valence-electron chi connectivity index (χ0n) is 13.6. The second kappa shape index (κ2) is 6.60. The lowest BCUT2D eigenvalue weighted by molar-refractivity contribution is -0.117. The molecule has 1 aromatic heterocycles. The van der Waals surface area contributed by atoms with E-state index >= 15 is 0 Å². The molecule has 0 unspecified atom stereocenters. The van der Waals surface area contributed by atoms with Gasteiger partial charge in [-0.15, -0.1) is 0 Å². The minimum absolute atomic E-state index is 0.0626. The normalized spacial score (nSPS) is 15.9. The summed E-state index contributed by atoms with van der Waals surface area (Å²) in [5, 5.41) is 2.95. The van der Waals surface area contributed by atoms with E-state index in [2.05, 4.69) is 15.3 Å². The van der Waals surface area contributed by atoms with Crippen LogP contribution in [-0.4, -0.2) is 34.2 Å². The van der Waals surface area contributed by atoms with Crippen molar-refractivity contribution in [1.82, 2.24) is 15.3 Å². The molecule has 7 nitrogen and oxygen atoms in total. The lowest BCUT2D eigenvalue weighted by Gasteiger charge is -2.16. The second-order valence-corrected chi connectivity index (χ2v) is 5.99. The summed E-state index contributed by atoms with van der Waals surface area (Å²) < 4.78 is 0. The van der Waals surface area contributed by atoms with Crippen molar-refractivity contribution in [2.45, 2.75) is 19.8 Å². The Labute approximate surface area is 149 Å². The van der Waals surface area contributed by atoms with E-state index in [4.69, 9.17) is 11.6 Å². The van der Waals surface area contributed by atoms with Crippen molar-refractivity contribution in [2.24, 2.45) is 0 Å². The minimum Gasteiger partial charge on any atom is -0.338 e. The molecule has 3 amide bonds. The van der Waals surface area contributed by atoms with Crippen LogP contribution in [0.1, 0.15) is 34.6 Å². The van der Waals surface area contributed by atoms with Crippen LogP contribution in [0.2, 0.25) is 5.02 Å². The molecule has 0 saturated heterocycles. The third-order valence-corrected chi connectivity index (χ3v) is 4.07. The van der Waals surface area contributed by atoms with E-state index < -0.39 is 23.6 Å². The van der Waals surface area contributed by atoms with Crippen molar-refractivity contribution >= 4 is 35.0 Å². The number of imide groups is 1. The monoisotopic (exact) mass is 358 g/mol. The lowest BCUT2D eigenvalue weighted by atomic mass is 9.94. The number of carbonyl (C=O) groups is 3. The molecule has 1 atom stereocenters. The Morgan fingerprint density at radius 1 is 1.28 bits per heavy atom. The Bertz CT molecular complexity index is 867. The van der Waals surface area contributed by atoms with Gasteiger partial charge in [-0.2, -0.15) is 0 Å². The highest BCUT2D eigenvalue weighted by Gasteiger charge is 2.45. The predicted octanol–water partition coefficient (Wildman–Crippen LogP) is 2.48. The van der Waals surface area contributed by atoms with Crippen LogP contribution in [0.25, 0.3) is 0 Å². The number of hydrogen-bond donors (Lipinski definition) is 1. The smallest absolute Gasteiger partial charge is 0.328 e. The highest BCUT2D eigenvalue weighted by atomic mass is 35.5. The number of amides is 3. The molecule has 1 aliphatic heterocycles. The molecule has 128 valence electrons. The first-order chi connectivity index (χ1) is 11.9. The Hall–Kier alpha value is -2.80. The van der Waals surface area contributed by atoms with Gasteiger partial charge in [0, 0.05) is 17.8 Å². The van der Waals surface area contributed by atoms with Gasteiger partial charge in [-0.1, -0.05) is 11.6 Å². The first-order valence-corrected chi connectivity index (χ1v) is 8.06. The van der Waals surface area contributed by atoms with Crippen LogP contribution in [0, 0.1) is 6.92 Å². The molecule has 0 saturated carbocycles. The molecule has 3 rings (SSSR count). The van der Waals surface area contributed by atoms with Gasteiger partial charge in [-0.25, -0.2) is 14.7 Å². The average Bonchev–Trinajstić information content (AvgIpc) is 2.86. The minimum atomic E-state index is -1.17. The third-order valence-electron chi connectivity index (χ3n) is 3.84. The Morgan fingerprint density at radius 2 is 2.04 bits per heavy atom. The van der Waals surface area contributed by atoms with Crippen molar-refractivity contribution in [3.8, 4) is 0 Å². The number of urea groups is 1. The van der Waals surface area contributed by atoms with Gasteiger partial charge >= 0.3 is 6.03 Å². The van der Waals surface area contributed by atoms with Gasteiger partial charge in [0.1, 0.15) is 11.6 Å². The van der Waals surface area contributed by atoms with E-state index in [1.807, 2.05) is 0 Å². The summed E-state index contributed by atoms with van der Waals surface area (Å²) in [6.45, 7) is 3.84.